The fourth-order valence-corrected chi connectivity index (χ4v) is 4.75. The molecule has 0 radical (unpaired) electrons. The van der Waals surface area contributed by atoms with Gasteiger partial charge in [-0.05, 0) is 55.2 Å². The fourth-order valence-electron chi connectivity index (χ4n) is 3.77. The highest BCUT2D eigenvalue weighted by atomic mass is 32.1. The zero-order chi connectivity index (χ0) is 13.9. The minimum absolute atomic E-state index is 0.673. The zero-order valence-electron chi connectivity index (χ0n) is 12.9. The molecule has 1 aromatic heterocycles. The zero-order valence-corrected chi connectivity index (χ0v) is 13.7. The third-order valence-electron chi connectivity index (χ3n) is 5.25. The lowest BCUT2D eigenvalue weighted by Gasteiger charge is -2.36. The van der Waals surface area contributed by atoms with Gasteiger partial charge in [0.1, 0.15) is 0 Å². The van der Waals surface area contributed by atoms with Crippen LogP contribution in [0.3, 0.4) is 0 Å². The van der Waals surface area contributed by atoms with E-state index in [1.54, 1.807) is 10.4 Å². The van der Waals surface area contributed by atoms with Gasteiger partial charge < -0.3 is 5.32 Å². The molecule has 1 N–H and O–H groups in total. The van der Waals surface area contributed by atoms with Crippen LogP contribution in [0.25, 0.3) is 0 Å². The van der Waals surface area contributed by atoms with Crippen molar-refractivity contribution < 1.29 is 0 Å². The minimum atomic E-state index is 0.673. The maximum Gasteiger partial charge on any atom is 0.0359 e. The molecule has 1 saturated heterocycles. The van der Waals surface area contributed by atoms with Crippen LogP contribution in [-0.2, 0) is 6.42 Å². The summed E-state index contributed by atoms with van der Waals surface area (Å²) < 4.78 is 0. The van der Waals surface area contributed by atoms with Crippen molar-refractivity contribution in [2.45, 2.75) is 58.0 Å². The lowest BCUT2D eigenvalue weighted by atomic mass is 9.91. The number of thiophene rings is 1. The van der Waals surface area contributed by atoms with E-state index >= 15 is 0 Å². The number of hydrogen-bond acceptors (Lipinski definition) is 3. The summed E-state index contributed by atoms with van der Waals surface area (Å²) in [6.07, 6.45) is 6.61. The molecule has 1 aliphatic carbocycles. The van der Waals surface area contributed by atoms with Crippen molar-refractivity contribution in [3.8, 4) is 0 Å². The summed E-state index contributed by atoms with van der Waals surface area (Å²) >= 11 is 1.97. The van der Waals surface area contributed by atoms with Crippen molar-refractivity contribution in [3.05, 3.63) is 21.9 Å². The van der Waals surface area contributed by atoms with Crippen LogP contribution in [0.1, 0.15) is 56.0 Å². The molecule has 1 aromatic rings. The first kappa shape index (κ1) is 14.6. The van der Waals surface area contributed by atoms with E-state index in [9.17, 15) is 0 Å². The van der Waals surface area contributed by atoms with Gasteiger partial charge in [-0.15, -0.1) is 11.3 Å². The van der Waals surface area contributed by atoms with Gasteiger partial charge in [-0.1, -0.05) is 20.3 Å². The summed E-state index contributed by atoms with van der Waals surface area (Å²) in [5, 5.41) is 6.08. The van der Waals surface area contributed by atoms with Gasteiger partial charge in [0.25, 0.3) is 0 Å². The smallest absolute Gasteiger partial charge is 0.0359 e. The molecular formula is C17H28N2S. The largest absolute Gasteiger partial charge is 0.312 e. The second kappa shape index (κ2) is 6.59. The normalized spacial score (nSPS) is 29.7. The quantitative estimate of drug-likeness (QED) is 0.910. The monoisotopic (exact) mass is 292 g/mol. The Hall–Kier alpha value is -0.380. The maximum absolute atomic E-state index is 3.78. The summed E-state index contributed by atoms with van der Waals surface area (Å²) in [5.41, 5.74) is 1.64. The molecule has 20 heavy (non-hydrogen) atoms. The average Bonchev–Trinajstić information content (AvgIpc) is 2.83. The van der Waals surface area contributed by atoms with Crippen LogP contribution < -0.4 is 5.32 Å². The van der Waals surface area contributed by atoms with E-state index in [2.05, 4.69) is 35.5 Å². The molecule has 3 heteroatoms. The molecule has 1 aliphatic heterocycles. The van der Waals surface area contributed by atoms with Crippen molar-refractivity contribution in [1.82, 2.24) is 10.2 Å². The van der Waals surface area contributed by atoms with Gasteiger partial charge in [-0.25, -0.2) is 0 Å². The first-order valence-corrected chi connectivity index (χ1v) is 9.21. The van der Waals surface area contributed by atoms with E-state index in [1.165, 1.54) is 51.7 Å². The molecule has 2 aliphatic rings. The number of fused-ring (bicyclic) bond motifs is 1. The first-order chi connectivity index (χ1) is 9.79. The lowest BCUT2D eigenvalue weighted by Crippen LogP contribution is -2.43. The second-order valence-corrected chi connectivity index (χ2v) is 7.50. The number of aryl methyl sites for hydroxylation is 1. The fraction of sp³-hybridized carbons (Fsp3) is 0.765. The molecule has 0 spiro atoms. The highest BCUT2D eigenvalue weighted by Crippen LogP contribution is 2.37. The topological polar surface area (TPSA) is 15.3 Å². The average molecular weight is 292 g/mol. The van der Waals surface area contributed by atoms with Gasteiger partial charge in [0.2, 0.25) is 0 Å². The van der Waals surface area contributed by atoms with Gasteiger partial charge in [-0.3, -0.25) is 4.90 Å². The number of rotatable bonds is 3. The molecule has 2 nitrogen and oxygen atoms in total. The molecule has 1 fully saturated rings. The van der Waals surface area contributed by atoms with Crippen molar-refractivity contribution in [1.29, 1.82) is 0 Å². The summed E-state index contributed by atoms with van der Waals surface area (Å²) in [7, 11) is 0. The molecule has 3 rings (SSSR count). The minimum Gasteiger partial charge on any atom is -0.312 e. The van der Waals surface area contributed by atoms with Gasteiger partial charge in [0.05, 0.1) is 0 Å². The molecule has 0 saturated carbocycles. The van der Waals surface area contributed by atoms with Crippen LogP contribution >= 0.6 is 11.3 Å². The number of nitrogens with zero attached hydrogens (tertiary/aromatic N) is 1. The Morgan fingerprint density at radius 2 is 2.35 bits per heavy atom. The molecule has 112 valence electrons. The van der Waals surface area contributed by atoms with Gasteiger partial charge >= 0.3 is 0 Å². The van der Waals surface area contributed by atoms with Crippen molar-refractivity contribution in [3.63, 3.8) is 0 Å². The van der Waals surface area contributed by atoms with Crippen molar-refractivity contribution in [2.75, 3.05) is 19.6 Å². The van der Waals surface area contributed by atoms with Crippen LogP contribution in [0.2, 0.25) is 0 Å². The van der Waals surface area contributed by atoms with E-state index in [4.69, 9.17) is 0 Å². The molecule has 3 unspecified atom stereocenters. The Labute approximate surface area is 127 Å². The van der Waals surface area contributed by atoms with Crippen molar-refractivity contribution in [2.24, 2.45) is 5.92 Å². The van der Waals surface area contributed by atoms with E-state index in [-0.39, 0.29) is 0 Å². The molecule has 3 atom stereocenters. The SMILES string of the molecule is CCC(C)C1CN(C2CCCc3sccc32)CCCN1. The van der Waals surface area contributed by atoms with E-state index in [0.717, 1.165) is 5.92 Å². The van der Waals surface area contributed by atoms with Crippen LogP contribution in [0.15, 0.2) is 11.4 Å². The Bertz CT molecular complexity index is 428. The van der Waals surface area contributed by atoms with Gasteiger partial charge in [0, 0.05) is 30.1 Å². The lowest BCUT2D eigenvalue weighted by molar-refractivity contribution is 0.162. The predicted octanol–water partition coefficient (Wildman–Crippen LogP) is 3.84. The molecule has 2 heterocycles. The van der Waals surface area contributed by atoms with Crippen LogP contribution in [-0.4, -0.2) is 30.6 Å². The highest BCUT2D eigenvalue weighted by molar-refractivity contribution is 7.10. The molecule has 0 aromatic carbocycles. The van der Waals surface area contributed by atoms with Gasteiger partial charge in [-0.2, -0.15) is 0 Å². The van der Waals surface area contributed by atoms with Crippen molar-refractivity contribution >= 4 is 11.3 Å². The van der Waals surface area contributed by atoms with Crippen LogP contribution in [0.5, 0.6) is 0 Å². The number of nitrogens with one attached hydrogen (secondary N) is 1. The van der Waals surface area contributed by atoms with Crippen LogP contribution in [0, 0.1) is 5.92 Å². The Morgan fingerprint density at radius 3 is 3.20 bits per heavy atom. The maximum atomic E-state index is 3.78. The standard InChI is InChI=1S/C17H28N2S/c1-3-13(2)15-12-19(10-5-9-18-15)16-6-4-7-17-14(16)8-11-20-17/h8,11,13,15-16,18H,3-7,9-10,12H2,1-2H3. The molecular weight excluding hydrogens is 264 g/mol. The Morgan fingerprint density at radius 1 is 1.45 bits per heavy atom. The third kappa shape index (κ3) is 2.95. The predicted molar refractivity (Wildman–Crippen MR) is 87.4 cm³/mol. The highest BCUT2D eigenvalue weighted by Gasteiger charge is 2.30. The van der Waals surface area contributed by atoms with E-state index in [1.807, 2.05) is 11.3 Å². The Balaban J connectivity index is 1.76. The third-order valence-corrected chi connectivity index (χ3v) is 6.25. The van der Waals surface area contributed by atoms with E-state index in [0.29, 0.717) is 12.1 Å². The summed E-state index contributed by atoms with van der Waals surface area (Å²) in [6.45, 7) is 8.40. The number of hydrogen-bond donors (Lipinski definition) is 1. The summed E-state index contributed by atoms with van der Waals surface area (Å²) in [6, 6.07) is 3.75. The molecule has 0 bridgehead atoms. The Kier molecular flexibility index (Phi) is 4.79. The van der Waals surface area contributed by atoms with E-state index < -0.39 is 0 Å². The van der Waals surface area contributed by atoms with Gasteiger partial charge in [0.15, 0.2) is 0 Å². The summed E-state index contributed by atoms with van der Waals surface area (Å²) in [4.78, 5) is 4.43. The first-order valence-electron chi connectivity index (χ1n) is 8.33. The molecule has 0 amide bonds. The second-order valence-electron chi connectivity index (χ2n) is 6.50. The summed E-state index contributed by atoms with van der Waals surface area (Å²) in [5.74, 6) is 0.779. The van der Waals surface area contributed by atoms with Crippen LogP contribution in [0.4, 0.5) is 0 Å².